The van der Waals surface area contributed by atoms with Crippen molar-refractivity contribution in [3.63, 3.8) is 0 Å². The second-order valence-corrected chi connectivity index (χ2v) is 8.98. The number of aliphatic hydroxyl groups is 1. The topological polar surface area (TPSA) is 88.5 Å². The van der Waals surface area contributed by atoms with Crippen LogP contribution in [-0.4, -0.2) is 74.6 Å². The highest BCUT2D eigenvalue weighted by molar-refractivity contribution is 6.46. The molecule has 0 radical (unpaired) electrons. The van der Waals surface area contributed by atoms with Crippen molar-refractivity contribution in [3.05, 3.63) is 59.2 Å². The van der Waals surface area contributed by atoms with Crippen molar-refractivity contribution in [2.75, 3.05) is 48.0 Å². The quantitative estimate of drug-likeness (QED) is 0.203. The highest BCUT2D eigenvalue weighted by Gasteiger charge is 2.47. The van der Waals surface area contributed by atoms with Gasteiger partial charge in [0.25, 0.3) is 11.7 Å². The Labute approximate surface area is 213 Å². The minimum absolute atomic E-state index is 0.0241. The summed E-state index contributed by atoms with van der Waals surface area (Å²) in [4.78, 5) is 30.0. The summed E-state index contributed by atoms with van der Waals surface area (Å²) < 4.78 is 16.7. The number of unbranched alkanes of at least 4 members (excludes halogenated alkanes) is 1. The van der Waals surface area contributed by atoms with Crippen LogP contribution in [0.2, 0.25) is 0 Å². The van der Waals surface area contributed by atoms with Gasteiger partial charge in [-0.15, -0.1) is 0 Å². The molecule has 2 aromatic carbocycles. The number of amides is 1. The normalized spacial score (nSPS) is 17.1. The first-order chi connectivity index (χ1) is 17.3. The monoisotopic (exact) mass is 496 g/mol. The van der Waals surface area contributed by atoms with Crippen LogP contribution in [0.5, 0.6) is 17.2 Å². The molecule has 0 aromatic heterocycles. The average molecular weight is 497 g/mol. The third-order valence-corrected chi connectivity index (χ3v) is 6.17. The molecule has 8 nitrogen and oxygen atoms in total. The number of carbonyl (C=O) groups is 2. The zero-order valence-corrected chi connectivity index (χ0v) is 21.7. The maximum atomic E-state index is 13.3. The molecule has 0 aliphatic carbocycles. The molecule has 1 atom stereocenters. The van der Waals surface area contributed by atoms with E-state index in [1.54, 1.807) is 49.6 Å². The number of likely N-dealkylation sites (tertiary alicyclic amines) is 1. The third-order valence-electron chi connectivity index (χ3n) is 6.17. The maximum Gasteiger partial charge on any atom is 0.295 e. The lowest BCUT2D eigenvalue weighted by Crippen LogP contribution is -2.32. The van der Waals surface area contributed by atoms with Gasteiger partial charge in [-0.05, 0) is 75.9 Å². The van der Waals surface area contributed by atoms with E-state index in [2.05, 4.69) is 6.92 Å². The van der Waals surface area contributed by atoms with Crippen molar-refractivity contribution in [1.29, 1.82) is 0 Å². The molecular formula is C28H36N2O6. The van der Waals surface area contributed by atoms with Crippen molar-refractivity contribution in [2.45, 2.75) is 32.2 Å². The second-order valence-electron chi connectivity index (χ2n) is 8.98. The summed E-state index contributed by atoms with van der Waals surface area (Å²) in [6.07, 6.45) is 2.63. The number of Topliss-reactive ketones (excluding diaryl/α,β-unsaturated/α-hetero) is 1. The van der Waals surface area contributed by atoms with Gasteiger partial charge < -0.3 is 29.1 Å². The van der Waals surface area contributed by atoms with Gasteiger partial charge in [0.15, 0.2) is 0 Å². The number of methoxy groups -OCH3 is 2. The van der Waals surface area contributed by atoms with E-state index in [1.165, 1.54) is 12.0 Å². The number of hydrogen-bond donors (Lipinski definition) is 1. The molecule has 1 N–H and O–H groups in total. The summed E-state index contributed by atoms with van der Waals surface area (Å²) in [5, 5.41) is 11.3. The fraction of sp³-hybridized carbons (Fsp3) is 0.429. The van der Waals surface area contributed by atoms with Crippen LogP contribution in [0.15, 0.2) is 48.0 Å². The predicted octanol–water partition coefficient (Wildman–Crippen LogP) is 4.26. The molecule has 1 fully saturated rings. The molecule has 194 valence electrons. The molecule has 1 aliphatic rings. The van der Waals surface area contributed by atoms with Crippen molar-refractivity contribution >= 4 is 17.4 Å². The highest BCUT2D eigenvalue weighted by atomic mass is 16.5. The standard InChI is InChI=1S/C28H36N2O6/c1-6-7-17-36-20-11-9-19(10-12-20)26(31)24-25(22-18-21(34-4)13-14-23(22)35-5)30(28(33)27(24)32)16-8-15-29(2)3/h9-14,18,25,31H,6-8,15-17H2,1-5H3/b26-24+/t25-/m0/s1. The van der Waals surface area contributed by atoms with Gasteiger partial charge in [0.2, 0.25) is 0 Å². The number of hydrogen-bond acceptors (Lipinski definition) is 7. The number of carbonyl (C=O) groups excluding carboxylic acids is 2. The van der Waals surface area contributed by atoms with Gasteiger partial charge in [0.1, 0.15) is 23.0 Å². The van der Waals surface area contributed by atoms with Crippen LogP contribution in [0.1, 0.15) is 43.4 Å². The Morgan fingerprint density at radius 3 is 2.31 bits per heavy atom. The summed E-state index contributed by atoms with van der Waals surface area (Å²) in [7, 11) is 6.98. The van der Waals surface area contributed by atoms with Gasteiger partial charge in [0, 0.05) is 17.7 Å². The lowest BCUT2D eigenvalue weighted by atomic mass is 9.94. The Bertz CT molecular complexity index is 1090. The lowest BCUT2D eigenvalue weighted by Gasteiger charge is -2.27. The molecule has 1 amide bonds. The molecule has 1 saturated heterocycles. The zero-order valence-electron chi connectivity index (χ0n) is 21.7. The summed E-state index contributed by atoms with van der Waals surface area (Å²) in [5.74, 6) is 0.109. The average Bonchev–Trinajstić information content (AvgIpc) is 3.13. The molecule has 0 spiro atoms. The minimum atomic E-state index is -0.822. The fourth-order valence-electron chi connectivity index (χ4n) is 4.24. The van der Waals surface area contributed by atoms with Gasteiger partial charge in [-0.1, -0.05) is 13.3 Å². The first-order valence-corrected chi connectivity index (χ1v) is 12.2. The molecule has 0 unspecified atom stereocenters. The van der Waals surface area contributed by atoms with Crippen molar-refractivity contribution < 1.29 is 28.9 Å². The largest absolute Gasteiger partial charge is 0.507 e. The van der Waals surface area contributed by atoms with E-state index in [-0.39, 0.29) is 11.3 Å². The number of nitrogens with zero attached hydrogens (tertiary/aromatic N) is 2. The predicted molar refractivity (Wildman–Crippen MR) is 139 cm³/mol. The van der Waals surface area contributed by atoms with E-state index >= 15 is 0 Å². The molecule has 1 aliphatic heterocycles. The first kappa shape index (κ1) is 27.1. The van der Waals surface area contributed by atoms with Gasteiger partial charge in [-0.2, -0.15) is 0 Å². The van der Waals surface area contributed by atoms with Gasteiger partial charge >= 0.3 is 0 Å². The molecule has 0 bridgehead atoms. The van der Waals surface area contributed by atoms with Crippen LogP contribution in [0.4, 0.5) is 0 Å². The summed E-state index contributed by atoms with van der Waals surface area (Å²) in [5.41, 5.74) is 1.02. The Morgan fingerprint density at radius 2 is 1.69 bits per heavy atom. The summed E-state index contributed by atoms with van der Waals surface area (Å²) in [6, 6.07) is 11.3. The maximum absolute atomic E-state index is 13.3. The molecule has 8 heteroatoms. The van der Waals surface area contributed by atoms with Crippen LogP contribution in [0.25, 0.3) is 5.76 Å². The minimum Gasteiger partial charge on any atom is -0.507 e. The summed E-state index contributed by atoms with van der Waals surface area (Å²) >= 11 is 0. The number of ketones is 1. The number of benzene rings is 2. The molecule has 1 heterocycles. The fourth-order valence-corrected chi connectivity index (χ4v) is 4.24. The number of ether oxygens (including phenoxy) is 3. The lowest BCUT2D eigenvalue weighted by molar-refractivity contribution is -0.140. The third kappa shape index (κ3) is 5.99. The van der Waals surface area contributed by atoms with E-state index in [4.69, 9.17) is 14.2 Å². The molecule has 36 heavy (non-hydrogen) atoms. The molecular weight excluding hydrogens is 460 g/mol. The van der Waals surface area contributed by atoms with E-state index < -0.39 is 17.7 Å². The Balaban J connectivity index is 2.08. The molecule has 0 saturated carbocycles. The van der Waals surface area contributed by atoms with E-state index in [0.29, 0.717) is 47.9 Å². The van der Waals surface area contributed by atoms with E-state index in [0.717, 1.165) is 19.4 Å². The Kier molecular flexibility index (Phi) is 9.36. The Hall–Kier alpha value is -3.52. The molecule has 2 aromatic rings. The second kappa shape index (κ2) is 12.4. The van der Waals surface area contributed by atoms with Gasteiger partial charge in [-0.25, -0.2) is 0 Å². The van der Waals surface area contributed by atoms with Crippen molar-refractivity contribution in [3.8, 4) is 17.2 Å². The zero-order chi connectivity index (χ0) is 26.2. The van der Waals surface area contributed by atoms with Gasteiger partial charge in [-0.3, -0.25) is 9.59 Å². The van der Waals surface area contributed by atoms with Crippen molar-refractivity contribution in [2.24, 2.45) is 0 Å². The molecule has 3 rings (SSSR count). The summed E-state index contributed by atoms with van der Waals surface area (Å²) in [6.45, 7) is 3.78. The highest BCUT2D eigenvalue weighted by Crippen LogP contribution is 2.44. The Morgan fingerprint density at radius 1 is 1.00 bits per heavy atom. The smallest absolute Gasteiger partial charge is 0.295 e. The van der Waals surface area contributed by atoms with E-state index in [9.17, 15) is 14.7 Å². The van der Waals surface area contributed by atoms with Crippen molar-refractivity contribution in [1.82, 2.24) is 9.80 Å². The van der Waals surface area contributed by atoms with Crippen LogP contribution in [0.3, 0.4) is 0 Å². The van der Waals surface area contributed by atoms with Crippen LogP contribution >= 0.6 is 0 Å². The van der Waals surface area contributed by atoms with Crippen LogP contribution in [0, 0.1) is 0 Å². The van der Waals surface area contributed by atoms with Crippen LogP contribution in [-0.2, 0) is 9.59 Å². The van der Waals surface area contributed by atoms with Crippen LogP contribution < -0.4 is 14.2 Å². The van der Waals surface area contributed by atoms with E-state index in [1.807, 2.05) is 19.0 Å². The number of aliphatic hydroxyl groups excluding tert-OH is 1. The number of rotatable bonds is 12. The first-order valence-electron chi connectivity index (χ1n) is 12.2. The SMILES string of the molecule is CCCCOc1ccc(/C(O)=C2\C(=O)C(=O)N(CCCN(C)C)[C@H]2c2cc(OC)ccc2OC)cc1. The van der Waals surface area contributed by atoms with Gasteiger partial charge in [0.05, 0.1) is 32.4 Å².